The molecule has 3 aromatic rings. The molecular formula is C22H20N4O4S2. The van der Waals surface area contributed by atoms with E-state index in [0.717, 1.165) is 5.69 Å². The fraction of sp³-hybridized carbons (Fsp3) is 0.227. The van der Waals surface area contributed by atoms with Crippen LogP contribution >= 0.6 is 23.1 Å². The van der Waals surface area contributed by atoms with Gasteiger partial charge in [0.15, 0.2) is 10.1 Å². The number of nitrogens with zero attached hydrogens (tertiary/aromatic N) is 3. The molecule has 2 amide bonds. The van der Waals surface area contributed by atoms with Gasteiger partial charge in [-0.2, -0.15) is 0 Å². The van der Waals surface area contributed by atoms with Crippen LogP contribution in [-0.2, 0) is 9.59 Å². The number of ketones is 1. The van der Waals surface area contributed by atoms with E-state index in [9.17, 15) is 14.4 Å². The molecule has 1 aromatic heterocycles. The molecule has 1 atom stereocenters. The summed E-state index contributed by atoms with van der Waals surface area (Å²) in [5.74, 6) is 0.0695. The van der Waals surface area contributed by atoms with Crippen LogP contribution in [-0.4, -0.2) is 47.2 Å². The summed E-state index contributed by atoms with van der Waals surface area (Å²) in [5.41, 5.74) is 1.37. The van der Waals surface area contributed by atoms with E-state index in [4.69, 9.17) is 4.74 Å². The molecule has 0 spiro atoms. The van der Waals surface area contributed by atoms with Crippen LogP contribution in [0.1, 0.15) is 16.8 Å². The molecule has 0 radical (unpaired) electrons. The molecule has 164 valence electrons. The number of methoxy groups -OCH3 is 1. The maximum atomic E-state index is 12.7. The number of nitrogens with one attached hydrogen (secondary N) is 1. The van der Waals surface area contributed by atoms with Crippen LogP contribution < -0.4 is 15.0 Å². The van der Waals surface area contributed by atoms with E-state index in [-0.39, 0.29) is 29.8 Å². The van der Waals surface area contributed by atoms with Crippen molar-refractivity contribution in [1.82, 2.24) is 10.2 Å². The smallest absolute Gasteiger partial charge is 0.231 e. The van der Waals surface area contributed by atoms with Gasteiger partial charge in [-0.1, -0.05) is 53.4 Å². The Bertz CT molecular complexity index is 1120. The number of hydrogen-bond donors (Lipinski definition) is 1. The molecule has 0 bridgehead atoms. The molecule has 1 N–H and O–H groups in total. The Hall–Kier alpha value is -3.24. The van der Waals surface area contributed by atoms with E-state index < -0.39 is 5.92 Å². The minimum atomic E-state index is -0.482. The fourth-order valence-electron chi connectivity index (χ4n) is 3.26. The number of Topliss-reactive ketones (excluding diaryl/α,β-unsaturated/α-hetero) is 1. The first-order chi connectivity index (χ1) is 15.5. The third-order valence-electron chi connectivity index (χ3n) is 4.94. The van der Waals surface area contributed by atoms with Gasteiger partial charge in [-0.15, -0.1) is 10.2 Å². The normalized spacial score (nSPS) is 15.6. The number of hydrogen-bond acceptors (Lipinski definition) is 8. The zero-order valence-electron chi connectivity index (χ0n) is 17.2. The van der Waals surface area contributed by atoms with Crippen molar-refractivity contribution < 1.29 is 19.1 Å². The molecular weight excluding hydrogens is 448 g/mol. The van der Waals surface area contributed by atoms with Gasteiger partial charge in [0.2, 0.25) is 16.9 Å². The summed E-state index contributed by atoms with van der Waals surface area (Å²) in [6, 6.07) is 16.2. The number of thioether (sulfide) groups is 1. The topological polar surface area (TPSA) is 101 Å². The molecule has 0 saturated carbocycles. The molecule has 1 aliphatic rings. The van der Waals surface area contributed by atoms with Crippen LogP contribution in [0, 0.1) is 5.92 Å². The molecule has 32 heavy (non-hydrogen) atoms. The van der Waals surface area contributed by atoms with Crippen molar-refractivity contribution in [2.24, 2.45) is 5.92 Å². The standard InChI is InChI=1S/C22H20N4O4S2/c1-30-17-9-7-16(8-10-17)26-12-15(11-19(26)28)20(29)23-21-24-25-22(32-21)31-13-18(27)14-5-3-2-4-6-14/h2-10,15H,11-13H2,1H3,(H,23,24,29). The van der Waals surface area contributed by atoms with Crippen molar-refractivity contribution >= 4 is 51.5 Å². The van der Waals surface area contributed by atoms with Gasteiger partial charge in [-0.25, -0.2) is 0 Å². The van der Waals surface area contributed by atoms with Crippen LogP contribution in [0.3, 0.4) is 0 Å². The van der Waals surface area contributed by atoms with Crippen LogP contribution in [0.25, 0.3) is 0 Å². The van der Waals surface area contributed by atoms with Gasteiger partial charge in [-0.05, 0) is 24.3 Å². The lowest BCUT2D eigenvalue weighted by atomic mass is 10.1. The van der Waals surface area contributed by atoms with E-state index in [2.05, 4.69) is 15.5 Å². The Morgan fingerprint density at radius 3 is 2.62 bits per heavy atom. The second kappa shape index (κ2) is 9.92. The molecule has 0 aliphatic carbocycles. The molecule has 10 heteroatoms. The van der Waals surface area contributed by atoms with Crippen LogP contribution in [0.15, 0.2) is 58.9 Å². The van der Waals surface area contributed by atoms with E-state index in [0.29, 0.717) is 27.3 Å². The highest BCUT2D eigenvalue weighted by atomic mass is 32.2. The number of amides is 2. The van der Waals surface area contributed by atoms with E-state index in [1.807, 2.05) is 18.2 Å². The highest BCUT2D eigenvalue weighted by Gasteiger charge is 2.35. The maximum absolute atomic E-state index is 12.7. The summed E-state index contributed by atoms with van der Waals surface area (Å²) in [5, 5.41) is 11.1. The Morgan fingerprint density at radius 1 is 1.16 bits per heavy atom. The van der Waals surface area contributed by atoms with Gasteiger partial charge in [0, 0.05) is 24.2 Å². The lowest BCUT2D eigenvalue weighted by Gasteiger charge is -2.16. The van der Waals surface area contributed by atoms with Gasteiger partial charge in [-0.3, -0.25) is 14.4 Å². The predicted octanol–water partition coefficient (Wildman–Crippen LogP) is 3.51. The molecule has 1 aliphatic heterocycles. The van der Waals surface area contributed by atoms with Crippen molar-refractivity contribution in [1.29, 1.82) is 0 Å². The number of benzene rings is 2. The quantitative estimate of drug-likeness (QED) is 0.307. The molecule has 2 heterocycles. The number of carbonyl (C=O) groups is 3. The van der Waals surface area contributed by atoms with Gasteiger partial charge in [0.05, 0.1) is 18.8 Å². The number of rotatable bonds is 8. The first-order valence-corrected chi connectivity index (χ1v) is 11.6. The minimum Gasteiger partial charge on any atom is -0.497 e. The van der Waals surface area contributed by atoms with E-state index in [1.54, 1.807) is 48.4 Å². The maximum Gasteiger partial charge on any atom is 0.231 e. The monoisotopic (exact) mass is 468 g/mol. The van der Waals surface area contributed by atoms with E-state index in [1.165, 1.54) is 23.1 Å². The summed E-state index contributed by atoms with van der Waals surface area (Å²) in [4.78, 5) is 38.9. The summed E-state index contributed by atoms with van der Waals surface area (Å²) < 4.78 is 5.73. The van der Waals surface area contributed by atoms with E-state index >= 15 is 0 Å². The number of ether oxygens (including phenoxy) is 1. The summed E-state index contributed by atoms with van der Waals surface area (Å²) in [6.07, 6.45) is 0.129. The average Bonchev–Trinajstić information content (AvgIpc) is 3.44. The fourth-order valence-corrected chi connectivity index (χ4v) is 4.91. The number of carbonyl (C=O) groups excluding carboxylic acids is 3. The zero-order chi connectivity index (χ0) is 22.5. The second-order valence-electron chi connectivity index (χ2n) is 7.04. The predicted molar refractivity (Wildman–Crippen MR) is 123 cm³/mol. The molecule has 2 aromatic carbocycles. The lowest BCUT2D eigenvalue weighted by molar-refractivity contribution is -0.122. The molecule has 8 nitrogen and oxygen atoms in total. The highest BCUT2D eigenvalue weighted by Crippen LogP contribution is 2.29. The number of aromatic nitrogens is 2. The summed E-state index contributed by atoms with van der Waals surface area (Å²) in [7, 11) is 1.58. The SMILES string of the molecule is COc1ccc(N2CC(C(=O)Nc3nnc(SCC(=O)c4ccccc4)s3)CC2=O)cc1. The third-order valence-corrected chi connectivity index (χ3v) is 6.91. The van der Waals surface area contributed by atoms with Crippen molar-refractivity contribution in [3.8, 4) is 5.75 Å². The molecule has 1 saturated heterocycles. The Labute approximate surface area is 193 Å². The Morgan fingerprint density at radius 2 is 1.91 bits per heavy atom. The van der Waals surface area contributed by atoms with Crippen molar-refractivity contribution in [3.63, 3.8) is 0 Å². The van der Waals surface area contributed by atoms with Crippen molar-refractivity contribution in [2.75, 3.05) is 29.6 Å². The van der Waals surface area contributed by atoms with Gasteiger partial charge >= 0.3 is 0 Å². The number of anilines is 2. The van der Waals surface area contributed by atoms with Crippen LogP contribution in [0.2, 0.25) is 0 Å². The third kappa shape index (κ3) is 5.14. The zero-order valence-corrected chi connectivity index (χ0v) is 18.8. The first-order valence-electron chi connectivity index (χ1n) is 9.83. The Kier molecular flexibility index (Phi) is 6.81. The van der Waals surface area contributed by atoms with Crippen LogP contribution in [0.5, 0.6) is 5.75 Å². The molecule has 1 unspecified atom stereocenters. The highest BCUT2D eigenvalue weighted by molar-refractivity contribution is 8.01. The van der Waals surface area contributed by atoms with Gasteiger partial charge < -0.3 is 15.0 Å². The minimum absolute atomic E-state index is 0.000484. The summed E-state index contributed by atoms with van der Waals surface area (Å²) >= 11 is 2.48. The summed E-state index contributed by atoms with van der Waals surface area (Å²) in [6.45, 7) is 0.295. The second-order valence-corrected chi connectivity index (χ2v) is 9.24. The molecule has 4 rings (SSSR count). The van der Waals surface area contributed by atoms with Crippen molar-refractivity contribution in [2.45, 2.75) is 10.8 Å². The van der Waals surface area contributed by atoms with Gasteiger partial charge in [0.25, 0.3) is 0 Å². The first kappa shape index (κ1) is 22.0. The van der Waals surface area contributed by atoms with Gasteiger partial charge in [0.1, 0.15) is 5.75 Å². The largest absolute Gasteiger partial charge is 0.497 e. The Balaban J connectivity index is 1.31. The molecule has 1 fully saturated rings. The lowest BCUT2D eigenvalue weighted by Crippen LogP contribution is -2.28. The van der Waals surface area contributed by atoms with Crippen LogP contribution in [0.4, 0.5) is 10.8 Å². The van der Waals surface area contributed by atoms with Crippen molar-refractivity contribution in [3.05, 3.63) is 60.2 Å². The average molecular weight is 469 g/mol.